The minimum Gasteiger partial charge on any atom is -0.484 e. The van der Waals surface area contributed by atoms with Gasteiger partial charge in [0.25, 0.3) is 5.91 Å². The van der Waals surface area contributed by atoms with Crippen LogP contribution in [0.2, 0.25) is 0 Å². The maximum atomic E-state index is 12.8. The normalized spacial score (nSPS) is 10.3. The summed E-state index contributed by atoms with van der Waals surface area (Å²) in [5.41, 5.74) is 2.63. The van der Waals surface area contributed by atoms with Crippen molar-refractivity contribution in [1.82, 2.24) is 0 Å². The van der Waals surface area contributed by atoms with Crippen LogP contribution >= 0.6 is 15.9 Å². The Balaban J connectivity index is 1.93. The van der Waals surface area contributed by atoms with Crippen molar-refractivity contribution < 1.29 is 13.9 Å². The third-order valence-electron chi connectivity index (χ3n) is 2.91. The Morgan fingerprint density at radius 3 is 2.33 bits per heavy atom. The summed E-state index contributed by atoms with van der Waals surface area (Å²) in [6.45, 7) is 3.82. The molecule has 2 aromatic rings. The van der Waals surface area contributed by atoms with Crippen molar-refractivity contribution in [1.29, 1.82) is 0 Å². The Kier molecular flexibility index (Phi) is 4.96. The molecule has 0 aliphatic rings. The molecule has 0 aromatic heterocycles. The van der Waals surface area contributed by atoms with E-state index in [1.54, 1.807) is 0 Å². The number of amides is 1. The topological polar surface area (TPSA) is 38.3 Å². The summed E-state index contributed by atoms with van der Waals surface area (Å²) in [6.07, 6.45) is 0. The summed E-state index contributed by atoms with van der Waals surface area (Å²) in [6, 6.07) is 9.31. The van der Waals surface area contributed by atoms with Gasteiger partial charge in [-0.1, -0.05) is 15.9 Å². The van der Waals surface area contributed by atoms with Gasteiger partial charge in [0.2, 0.25) is 0 Å². The zero-order valence-electron chi connectivity index (χ0n) is 11.7. The van der Waals surface area contributed by atoms with Gasteiger partial charge in [0, 0.05) is 10.2 Å². The van der Waals surface area contributed by atoms with E-state index in [4.69, 9.17) is 4.74 Å². The highest BCUT2D eigenvalue weighted by atomic mass is 79.9. The van der Waals surface area contributed by atoms with Crippen LogP contribution < -0.4 is 10.1 Å². The molecule has 5 heteroatoms. The molecular weight excluding hydrogens is 337 g/mol. The second-order valence-corrected chi connectivity index (χ2v) is 5.51. The molecule has 0 aliphatic carbocycles. The molecule has 0 unspecified atom stereocenters. The number of benzene rings is 2. The lowest BCUT2D eigenvalue weighted by molar-refractivity contribution is -0.118. The van der Waals surface area contributed by atoms with Crippen molar-refractivity contribution >= 4 is 27.5 Å². The monoisotopic (exact) mass is 351 g/mol. The molecule has 0 radical (unpaired) electrons. The SMILES string of the molecule is Cc1cc(OCC(=O)Nc2ccc(F)cc2)cc(C)c1Br. The van der Waals surface area contributed by atoms with Crippen LogP contribution in [-0.2, 0) is 4.79 Å². The first-order valence-corrected chi connectivity index (χ1v) is 7.20. The van der Waals surface area contributed by atoms with Crippen molar-refractivity contribution in [2.75, 3.05) is 11.9 Å². The van der Waals surface area contributed by atoms with Gasteiger partial charge < -0.3 is 10.1 Å². The van der Waals surface area contributed by atoms with E-state index < -0.39 is 0 Å². The highest BCUT2D eigenvalue weighted by Gasteiger charge is 2.07. The number of aryl methyl sites for hydroxylation is 2. The standard InChI is InChI=1S/C16H15BrFNO2/c1-10-7-14(8-11(2)16(10)17)21-9-15(20)19-13-5-3-12(18)4-6-13/h3-8H,9H2,1-2H3,(H,19,20). The van der Waals surface area contributed by atoms with Crippen LogP contribution in [0.25, 0.3) is 0 Å². The summed E-state index contributed by atoms with van der Waals surface area (Å²) in [5.74, 6) is 0.00681. The minimum absolute atomic E-state index is 0.0993. The van der Waals surface area contributed by atoms with Crippen molar-refractivity contribution in [3.63, 3.8) is 0 Å². The van der Waals surface area contributed by atoms with E-state index >= 15 is 0 Å². The summed E-state index contributed by atoms with van der Waals surface area (Å²) in [5, 5.41) is 2.64. The smallest absolute Gasteiger partial charge is 0.262 e. The molecule has 110 valence electrons. The predicted octanol–water partition coefficient (Wildman–Crippen LogP) is 4.22. The molecule has 21 heavy (non-hydrogen) atoms. The van der Waals surface area contributed by atoms with Gasteiger partial charge in [0.05, 0.1) is 0 Å². The van der Waals surface area contributed by atoms with Gasteiger partial charge >= 0.3 is 0 Å². The van der Waals surface area contributed by atoms with Gasteiger partial charge in [0.15, 0.2) is 6.61 Å². The van der Waals surface area contributed by atoms with Crippen molar-refractivity contribution in [3.05, 3.63) is 57.8 Å². The summed E-state index contributed by atoms with van der Waals surface area (Å²) in [4.78, 5) is 11.8. The fraction of sp³-hybridized carbons (Fsp3) is 0.188. The number of carbonyl (C=O) groups excluding carboxylic acids is 1. The molecule has 0 saturated carbocycles. The van der Waals surface area contributed by atoms with Gasteiger partial charge in [-0.15, -0.1) is 0 Å². The Hall–Kier alpha value is -1.88. The molecule has 0 aliphatic heterocycles. The third-order valence-corrected chi connectivity index (χ3v) is 4.16. The zero-order valence-corrected chi connectivity index (χ0v) is 13.3. The number of hydrogen-bond acceptors (Lipinski definition) is 2. The molecule has 2 rings (SSSR count). The van der Waals surface area contributed by atoms with Gasteiger partial charge in [0.1, 0.15) is 11.6 Å². The highest BCUT2D eigenvalue weighted by molar-refractivity contribution is 9.10. The van der Waals surface area contributed by atoms with E-state index in [1.165, 1.54) is 24.3 Å². The minimum atomic E-state index is -0.343. The van der Waals surface area contributed by atoms with E-state index in [0.717, 1.165) is 15.6 Å². The zero-order chi connectivity index (χ0) is 15.4. The number of ether oxygens (including phenoxy) is 1. The van der Waals surface area contributed by atoms with Crippen LogP contribution in [0.4, 0.5) is 10.1 Å². The summed E-state index contributed by atoms with van der Waals surface area (Å²) < 4.78 is 19.3. The maximum Gasteiger partial charge on any atom is 0.262 e. The van der Waals surface area contributed by atoms with Crippen LogP contribution in [0.1, 0.15) is 11.1 Å². The molecule has 2 aromatic carbocycles. The van der Waals surface area contributed by atoms with Crippen LogP contribution in [0, 0.1) is 19.7 Å². The van der Waals surface area contributed by atoms with E-state index in [0.29, 0.717) is 11.4 Å². The Morgan fingerprint density at radius 2 is 1.76 bits per heavy atom. The number of rotatable bonds is 4. The van der Waals surface area contributed by atoms with E-state index in [9.17, 15) is 9.18 Å². The molecule has 1 amide bonds. The lowest BCUT2D eigenvalue weighted by atomic mass is 10.1. The van der Waals surface area contributed by atoms with Crippen LogP contribution in [-0.4, -0.2) is 12.5 Å². The third kappa shape index (κ3) is 4.29. The maximum absolute atomic E-state index is 12.8. The Bertz CT molecular complexity index is 633. The fourth-order valence-electron chi connectivity index (χ4n) is 1.87. The quantitative estimate of drug-likeness (QED) is 0.895. The largest absolute Gasteiger partial charge is 0.484 e. The molecule has 0 spiro atoms. The van der Waals surface area contributed by atoms with Crippen molar-refractivity contribution in [2.45, 2.75) is 13.8 Å². The van der Waals surface area contributed by atoms with Crippen molar-refractivity contribution in [2.24, 2.45) is 0 Å². The Labute approximate surface area is 131 Å². The molecule has 1 N–H and O–H groups in total. The van der Waals surface area contributed by atoms with E-state index in [1.807, 2.05) is 26.0 Å². The molecule has 3 nitrogen and oxygen atoms in total. The predicted molar refractivity (Wildman–Crippen MR) is 84.1 cm³/mol. The first-order valence-electron chi connectivity index (χ1n) is 6.40. The fourth-order valence-corrected chi connectivity index (χ4v) is 2.10. The number of halogens is 2. The van der Waals surface area contributed by atoms with E-state index in [-0.39, 0.29) is 18.3 Å². The van der Waals surface area contributed by atoms with Gasteiger partial charge in [-0.25, -0.2) is 4.39 Å². The highest BCUT2D eigenvalue weighted by Crippen LogP contribution is 2.26. The first kappa shape index (κ1) is 15.5. The number of carbonyl (C=O) groups is 1. The summed E-state index contributed by atoms with van der Waals surface area (Å²) in [7, 11) is 0. The second-order valence-electron chi connectivity index (χ2n) is 4.71. The van der Waals surface area contributed by atoms with Crippen LogP contribution in [0.3, 0.4) is 0 Å². The van der Waals surface area contributed by atoms with Crippen LogP contribution in [0.5, 0.6) is 5.75 Å². The molecule has 0 heterocycles. The lowest BCUT2D eigenvalue weighted by Gasteiger charge is -2.10. The molecule has 0 bridgehead atoms. The van der Waals surface area contributed by atoms with Crippen molar-refractivity contribution in [3.8, 4) is 5.75 Å². The number of hydrogen-bond donors (Lipinski definition) is 1. The van der Waals surface area contributed by atoms with Gasteiger partial charge in [-0.05, 0) is 61.4 Å². The average Bonchev–Trinajstić information content (AvgIpc) is 2.45. The number of anilines is 1. The molecular formula is C16H15BrFNO2. The Morgan fingerprint density at radius 1 is 1.19 bits per heavy atom. The van der Waals surface area contributed by atoms with E-state index in [2.05, 4.69) is 21.2 Å². The first-order chi connectivity index (χ1) is 9.95. The molecule has 0 saturated heterocycles. The molecule has 0 fully saturated rings. The van der Waals surface area contributed by atoms with Gasteiger partial charge in [-0.3, -0.25) is 4.79 Å². The number of nitrogens with one attached hydrogen (secondary N) is 1. The molecule has 0 atom stereocenters. The lowest BCUT2D eigenvalue weighted by Crippen LogP contribution is -2.20. The second kappa shape index (κ2) is 6.72. The average molecular weight is 352 g/mol. The summed E-state index contributed by atoms with van der Waals surface area (Å²) >= 11 is 3.48. The van der Waals surface area contributed by atoms with Gasteiger partial charge in [-0.2, -0.15) is 0 Å². The van der Waals surface area contributed by atoms with Crippen LogP contribution in [0.15, 0.2) is 40.9 Å².